The van der Waals surface area contributed by atoms with E-state index in [4.69, 9.17) is 14.2 Å². The lowest BCUT2D eigenvalue weighted by molar-refractivity contribution is -0.158. The van der Waals surface area contributed by atoms with E-state index in [-0.39, 0.29) is 12.7 Å². The second-order valence-electron chi connectivity index (χ2n) is 8.16. The Morgan fingerprint density at radius 1 is 1.12 bits per heavy atom. The lowest BCUT2D eigenvalue weighted by Crippen LogP contribution is -2.39. The van der Waals surface area contributed by atoms with Gasteiger partial charge in [-0.25, -0.2) is 9.78 Å². The average Bonchev–Trinajstić information content (AvgIpc) is 3.26. The maximum atomic E-state index is 12.8. The van der Waals surface area contributed by atoms with Gasteiger partial charge in [-0.3, -0.25) is 0 Å². The summed E-state index contributed by atoms with van der Waals surface area (Å²) >= 11 is 1.36. The molecule has 182 valence electrons. The van der Waals surface area contributed by atoms with E-state index < -0.39 is 23.3 Å². The molecule has 1 atom stereocenters. The quantitative estimate of drug-likeness (QED) is 0.316. The maximum absolute atomic E-state index is 12.8. The number of carbonyl (C=O) groups is 1. The van der Waals surface area contributed by atoms with Gasteiger partial charge >= 0.3 is 12.1 Å². The lowest BCUT2D eigenvalue weighted by Gasteiger charge is -2.25. The molecular weight excluding hydrogens is 467 g/mol. The number of rotatable bonds is 8. The number of aromatic nitrogens is 1. The van der Waals surface area contributed by atoms with Crippen LogP contribution in [0.15, 0.2) is 48.7 Å². The molecule has 1 aromatic heterocycles. The molecule has 1 unspecified atom stereocenters. The molecule has 0 aliphatic rings. The summed E-state index contributed by atoms with van der Waals surface area (Å²) < 4.78 is 55.3. The fourth-order valence-corrected chi connectivity index (χ4v) is 4.01. The molecule has 0 aliphatic heterocycles. The topological polar surface area (TPSA) is 57.7 Å². The van der Waals surface area contributed by atoms with E-state index in [2.05, 4.69) is 4.98 Å². The minimum atomic E-state index is -4.37. The minimum absolute atomic E-state index is 0.271. The molecule has 0 bridgehead atoms. The molecule has 2 aromatic carbocycles. The van der Waals surface area contributed by atoms with Gasteiger partial charge in [-0.15, -0.1) is 11.3 Å². The van der Waals surface area contributed by atoms with Crippen molar-refractivity contribution in [1.29, 1.82) is 0 Å². The number of halogens is 3. The fourth-order valence-electron chi connectivity index (χ4n) is 3.10. The SMILES string of the molecule is CCOC(=O)C(C)(C)Oc1ccc(OC(C)c2cnc(-c3ccc(C(F)(F)F)cc3)s2)cc1C. The Morgan fingerprint density at radius 3 is 2.38 bits per heavy atom. The molecule has 0 fully saturated rings. The number of esters is 1. The van der Waals surface area contributed by atoms with Crippen molar-refractivity contribution < 1.29 is 32.2 Å². The van der Waals surface area contributed by atoms with Crippen molar-refractivity contribution in [3.63, 3.8) is 0 Å². The monoisotopic (exact) mass is 493 g/mol. The molecule has 0 spiro atoms. The van der Waals surface area contributed by atoms with Gasteiger partial charge in [-0.05, 0) is 70.5 Å². The van der Waals surface area contributed by atoms with E-state index in [9.17, 15) is 18.0 Å². The number of hydrogen-bond donors (Lipinski definition) is 0. The van der Waals surface area contributed by atoms with Gasteiger partial charge in [-0.1, -0.05) is 12.1 Å². The van der Waals surface area contributed by atoms with Gasteiger partial charge in [0, 0.05) is 11.8 Å². The Hall–Kier alpha value is -3.07. The van der Waals surface area contributed by atoms with Crippen molar-refractivity contribution >= 4 is 17.3 Å². The molecule has 5 nitrogen and oxygen atoms in total. The van der Waals surface area contributed by atoms with Gasteiger partial charge in [0.15, 0.2) is 5.60 Å². The molecular formula is C25H26F3NO4S. The normalized spacial score (nSPS) is 12.8. The molecule has 0 aliphatic carbocycles. The minimum Gasteiger partial charge on any atom is -0.485 e. The van der Waals surface area contributed by atoms with Crippen LogP contribution in [0.1, 0.15) is 49.8 Å². The van der Waals surface area contributed by atoms with E-state index in [0.29, 0.717) is 22.1 Å². The van der Waals surface area contributed by atoms with Crippen LogP contribution < -0.4 is 9.47 Å². The van der Waals surface area contributed by atoms with Crippen LogP contribution in [-0.4, -0.2) is 23.2 Å². The first-order chi connectivity index (χ1) is 15.9. The summed E-state index contributed by atoms with van der Waals surface area (Å²) in [5.74, 6) is 0.702. The highest BCUT2D eigenvalue weighted by molar-refractivity contribution is 7.15. The summed E-state index contributed by atoms with van der Waals surface area (Å²) in [7, 11) is 0. The number of carbonyl (C=O) groups excluding carboxylic acids is 1. The van der Waals surface area contributed by atoms with Crippen LogP contribution in [0.5, 0.6) is 11.5 Å². The first-order valence-electron chi connectivity index (χ1n) is 10.7. The summed E-state index contributed by atoms with van der Waals surface area (Å²) in [6, 6.07) is 10.2. The summed E-state index contributed by atoms with van der Waals surface area (Å²) in [5.41, 5.74) is -0.429. The van der Waals surface area contributed by atoms with Gasteiger partial charge in [-0.2, -0.15) is 13.2 Å². The smallest absolute Gasteiger partial charge is 0.416 e. The third-order valence-corrected chi connectivity index (χ3v) is 6.18. The van der Waals surface area contributed by atoms with Gasteiger partial charge in [0.05, 0.1) is 17.0 Å². The molecule has 9 heteroatoms. The first kappa shape index (κ1) is 25.6. The predicted molar refractivity (Wildman–Crippen MR) is 124 cm³/mol. The number of nitrogens with zero attached hydrogens (tertiary/aromatic N) is 1. The lowest BCUT2D eigenvalue weighted by atomic mass is 10.1. The molecule has 0 amide bonds. The van der Waals surface area contributed by atoms with Crippen LogP contribution in [0, 0.1) is 6.92 Å². The van der Waals surface area contributed by atoms with Crippen LogP contribution in [0.2, 0.25) is 0 Å². The van der Waals surface area contributed by atoms with E-state index in [1.807, 2.05) is 19.9 Å². The highest BCUT2D eigenvalue weighted by atomic mass is 32.1. The van der Waals surface area contributed by atoms with E-state index in [1.54, 1.807) is 39.1 Å². The number of aryl methyl sites for hydroxylation is 1. The van der Waals surface area contributed by atoms with Crippen molar-refractivity contribution in [1.82, 2.24) is 4.98 Å². The van der Waals surface area contributed by atoms with Crippen molar-refractivity contribution in [3.8, 4) is 22.1 Å². The number of hydrogen-bond acceptors (Lipinski definition) is 6. The zero-order valence-electron chi connectivity index (χ0n) is 19.5. The second-order valence-corrected chi connectivity index (χ2v) is 9.23. The third-order valence-electron chi connectivity index (χ3n) is 4.97. The predicted octanol–water partition coefficient (Wildman–Crippen LogP) is 7.00. The largest absolute Gasteiger partial charge is 0.485 e. The Labute approximate surface area is 200 Å². The van der Waals surface area contributed by atoms with Gasteiger partial charge in [0.2, 0.25) is 0 Å². The Morgan fingerprint density at radius 2 is 1.79 bits per heavy atom. The standard InChI is InChI=1S/C25H26F3NO4S/c1-6-31-23(30)24(4,5)33-20-12-11-19(13-15(20)2)32-16(3)21-14-29-22(34-21)17-7-9-18(10-8-17)25(26,27)28/h7-14,16H,6H2,1-5H3. The van der Waals surface area contributed by atoms with Crippen molar-refractivity contribution in [2.45, 2.75) is 52.5 Å². The van der Waals surface area contributed by atoms with E-state index in [1.165, 1.54) is 23.5 Å². The highest BCUT2D eigenvalue weighted by Gasteiger charge is 2.32. The van der Waals surface area contributed by atoms with Crippen LogP contribution in [0.25, 0.3) is 10.6 Å². The molecule has 34 heavy (non-hydrogen) atoms. The third kappa shape index (κ3) is 6.08. The Bertz CT molecular complexity index is 1140. The molecule has 3 rings (SSSR count). The maximum Gasteiger partial charge on any atom is 0.416 e. The number of benzene rings is 2. The van der Waals surface area contributed by atoms with Crippen molar-refractivity contribution in [2.24, 2.45) is 0 Å². The van der Waals surface area contributed by atoms with Gasteiger partial charge in [0.1, 0.15) is 22.6 Å². The average molecular weight is 494 g/mol. The summed E-state index contributed by atoms with van der Waals surface area (Å²) in [6.45, 7) is 9.02. The molecule has 3 aromatic rings. The van der Waals surface area contributed by atoms with Crippen LogP contribution in [0.4, 0.5) is 13.2 Å². The Kier molecular flexibility index (Phi) is 7.55. The zero-order chi connectivity index (χ0) is 25.1. The fraction of sp³-hybridized carbons (Fsp3) is 0.360. The summed E-state index contributed by atoms with van der Waals surface area (Å²) in [6.07, 6.45) is -3.04. The van der Waals surface area contributed by atoms with Gasteiger partial charge < -0.3 is 14.2 Å². The second kappa shape index (κ2) is 10.0. The highest BCUT2D eigenvalue weighted by Crippen LogP contribution is 2.35. The van der Waals surface area contributed by atoms with Crippen LogP contribution in [0.3, 0.4) is 0 Å². The molecule has 1 heterocycles. The number of alkyl halides is 3. The van der Waals surface area contributed by atoms with E-state index >= 15 is 0 Å². The number of ether oxygens (including phenoxy) is 3. The van der Waals surface area contributed by atoms with E-state index in [0.717, 1.165) is 22.6 Å². The van der Waals surface area contributed by atoms with Crippen LogP contribution >= 0.6 is 11.3 Å². The first-order valence-corrected chi connectivity index (χ1v) is 11.5. The number of thiazole rings is 1. The zero-order valence-corrected chi connectivity index (χ0v) is 20.3. The summed E-state index contributed by atoms with van der Waals surface area (Å²) in [4.78, 5) is 17.3. The molecule has 0 N–H and O–H groups in total. The van der Waals surface area contributed by atoms with Crippen molar-refractivity contribution in [3.05, 3.63) is 64.7 Å². The molecule has 0 saturated carbocycles. The molecule has 0 radical (unpaired) electrons. The summed E-state index contributed by atoms with van der Waals surface area (Å²) in [5, 5.41) is 0.611. The van der Waals surface area contributed by atoms with Crippen LogP contribution in [-0.2, 0) is 15.7 Å². The molecule has 0 saturated heterocycles. The van der Waals surface area contributed by atoms with Gasteiger partial charge in [0.25, 0.3) is 0 Å². The Balaban J connectivity index is 1.68. The van der Waals surface area contributed by atoms with Crippen molar-refractivity contribution in [2.75, 3.05) is 6.61 Å².